The quantitative estimate of drug-likeness (QED) is 0.0594. The molecular weight excluding hydrogens is 898 g/mol. The second-order valence-electron chi connectivity index (χ2n) is 17.4. The molecule has 3 fully saturated rings. The Morgan fingerprint density at radius 2 is 1.59 bits per heavy atom. The molecule has 0 aliphatic carbocycles. The third-order valence-corrected chi connectivity index (χ3v) is 13.3. The maximum absolute atomic E-state index is 13.9. The number of benzene rings is 2. The fraction of sp³-hybridized carbons (Fsp3) is 0.489. The number of piperidine rings is 2. The molecule has 0 bridgehead atoms. The van der Waals surface area contributed by atoms with E-state index in [0.717, 1.165) is 33.9 Å². The van der Waals surface area contributed by atoms with Crippen LogP contribution in [0.5, 0.6) is 0 Å². The average molecular weight is 957 g/mol. The van der Waals surface area contributed by atoms with Crippen LogP contribution < -0.4 is 26.6 Å². The Balaban J connectivity index is 0.677. The summed E-state index contributed by atoms with van der Waals surface area (Å²) >= 11 is 6.22. The lowest BCUT2D eigenvalue weighted by Gasteiger charge is -2.39. The summed E-state index contributed by atoms with van der Waals surface area (Å²) < 4.78 is 16.9. The molecule has 4 aliphatic rings. The molecule has 2 aromatic carbocycles. The first-order valence-corrected chi connectivity index (χ1v) is 23.6. The smallest absolute Gasteiger partial charge is 0.264 e. The van der Waals surface area contributed by atoms with Crippen LogP contribution in [0.15, 0.2) is 61.1 Å². The summed E-state index contributed by atoms with van der Waals surface area (Å²) in [6.45, 7) is 6.83. The number of nitrogens with two attached hydrogens (primary N) is 1. The van der Waals surface area contributed by atoms with Crippen LogP contribution in [0.25, 0.3) is 11.0 Å². The number of halogens is 1. The first-order chi connectivity index (χ1) is 33.0. The fourth-order valence-corrected chi connectivity index (χ4v) is 9.21. The molecule has 20 nitrogen and oxygen atoms in total. The Morgan fingerprint density at radius 3 is 2.32 bits per heavy atom. The Labute approximate surface area is 398 Å². The van der Waals surface area contributed by atoms with E-state index in [1.807, 2.05) is 41.4 Å². The highest BCUT2D eigenvalue weighted by Crippen LogP contribution is 2.33. The number of nitrogens with one attached hydrogen (secondary N) is 4. The molecule has 1 unspecified atom stereocenters. The number of H-pyrrole nitrogens is 1. The molecule has 0 saturated carbocycles. The lowest BCUT2D eigenvalue weighted by atomic mass is 9.87. The van der Waals surface area contributed by atoms with Crippen LogP contribution in [-0.2, 0) is 33.4 Å². The highest BCUT2D eigenvalue weighted by atomic mass is 35.5. The number of anilines is 2. The van der Waals surface area contributed by atoms with Crippen LogP contribution in [-0.4, -0.2) is 169 Å². The molecule has 2 atom stereocenters. The van der Waals surface area contributed by atoms with E-state index in [9.17, 15) is 28.8 Å². The van der Waals surface area contributed by atoms with Crippen molar-refractivity contribution in [1.82, 2.24) is 40.3 Å². The summed E-state index contributed by atoms with van der Waals surface area (Å²) in [5, 5.41) is 10.2. The Bertz CT molecular complexity index is 2460. The molecule has 8 rings (SSSR count). The van der Waals surface area contributed by atoms with Gasteiger partial charge in [0, 0.05) is 75.7 Å². The van der Waals surface area contributed by atoms with Gasteiger partial charge >= 0.3 is 0 Å². The van der Waals surface area contributed by atoms with Crippen molar-refractivity contribution in [3.63, 3.8) is 0 Å². The molecule has 4 aliphatic heterocycles. The first kappa shape index (κ1) is 48.4. The summed E-state index contributed by atoms with van der Waals surface area (Å²) in [7, 11) is 0. The van der Waals surface area contributed by atoms with Crippen molar-refractivity contribution >= 4 is 69.6 Å². The zero-order chi connectivity index (χ0) is 47.6. The summed E-state index contributed by atoms with van der Waals surface area (Å²) in [5.41, 5.74) is 8.37. The summed E-state index contributed by atoms with van der Waals surface area (Å²) in [4.78, 5) is 96.4. The van der Waals surface area contributed by atoms with Gasteiger partial charge in [-0.1, -0.05) is 29.8 Å². The summed E-state index contributed by atoms with van der Waals surface area (Å²) in [6.07, 6.45) is 5.41. The third-order valence-electron chi connectivity index (χ3n) is 13.0. The predicted octanol–water partition coefficient (Wildman–Crippen LogP) is 2.25. The SMILES string of the molecule is NC1(C(=O)N[C@@H](CCN2CCN(C(=O)CCOCCOCCOCCNc3cccc4c3C(=O)N(C3CCC(=O)NC3=O)C4=O)CC2)c2ccc(Cl)cc2)CCN(c2ncnc3[nH]ccc23)CC1. The van der Waals surface area contributed by atoms with E-state index >= 15 is 0 Å². The minimum Gasteiger partial charge on any atom is -0.382 e. The van der Waals surface area contributed by atoms with Crippen LogP contribution in [0.2, 0.25) is 5.02 Å². The second-order valence-corrected chi connectivity index (χ2v) is 17.8. The number of rotatable bonds is 21. The largest absolute Gasteiger partial charge is 0.382 e. The molecule has 0 spiro atoms. The zero-order valence-corrected chi connectivity index (χ0v) is 38.6. The molecule has 6 amide bonds. The molecule has 21 heteroatoms. The van der Waals surface area contributed by atoms with E-state index in [1.54, 1.807) is 24.5 Å². The van der Waals surface area contributed by atoms with Gasteiger partial charge < -0.3 is 45.4 Å². The number of aromatic amines is 1. The molecule has 4 aromatic rings. The van der Waals surface area contributed by atoms with E-state index in [4.69, 9.17) is 31.5 Å². The second kappa shape index (κ2) is 22.4. The fourth-order valence-electron chi connectivity index (χ4n) is 9.09. The van der Waals surface area contributed by atoms with E-state index in [1.165, 1.54) is 0 Å². The van der Waals surface area contributed by atoms with Crippen molar-refractivity contribution < 1.29 is 43.0 Å². The molecule has 6 heterocycles. The molecular formula is C47H58ClN11O9. The van der Waals surface area contributed by atoms with E-state index in [2.05, 4.69) is 40.7 Å². The maximum atomic E-state index is 13.9. The third kappa shape index (κ3) is 11.4. The number of nitrogens with zero attached hydrogens (tertiary/aromatic N) is 6. The van der Waals surface area contributed by atoms with Gasteiger partial charge in [0.15, 0.2) is 0 Å². The topological polar surface area (TPSA) is 247 Å². The zero-order valence-electron chi connectivity index (χ0n) is 37.9. The van der Waals surface area contributed by atoms with Crippen LogP contribution in [0.3, 0.4) is 0 Å². The van der Waals surface area contributed by atoms with Crippen molar-refractivity contribution in [2.45, 2.75) is 56.1 Å². The lowest BCUT2D eigenvalue weighted by molar-refractivity contribution is -0.136. The molecule has 6 N–H and O–H groups in total. The monoisotopic (exact) mass is 955 g/mol. The number of amides is 6. The Morgan fingerprint density at radius 1 is 0.868 bits per heavy atom. The summed E-state index contributed by atoms with van der Waals surface area (Å²) in [5.74, 6) is -1.52. The van der Waals surface area contributed by atoms with Crippen molar-refractivity contribution in [2.24, 2.45) is 5.73 Å². The van der Waals surface area contributed by atoms with Crippen molar-refractivity contribution in [3.8, 4) is 0 Å². The molecule has 362 valence electrons. The number of ether oxygens (including phenoxy) is 3. The highest BCUT2D eigenvalue weighted by molar-refractivity contribution is 6.30. The van der Waals surface area contributed by atoms with Gasteiger partial charge in [-0.25, -0.2) is 9.97 Å². The lowest BCUT2D eigenvalue weighted by Crippen LogP contribution is -2.60. The molecule has 68 heavy (non-hydrogen) atoms. The van der Waals surface area contributed by atoms with Gasteiger partial charge in [0.25, 0.3) is 11.8 Å². The number of hydrogen-bond donors (Lipinski definition) is 5. The number of piperazine rings is 1. The van der Waals surface area contributed by atoms with Crippen molar-refractivity contribution in [3.05, 3.63) is 82.8 Å². The minimum atomic E-state index is -1.03. The summed E-state index contributed by atoms with van der Waals surface area (Å²) in [6, 6.07) is 13.1. The number of hydrogen-bond acceptors (Lipinski definition) is 15. The standard InChI is InChI=1S/C47H58ClN11O9/c48-32-6-4-31(5-7-32)35(54-46(65)47(49)13-18-58(19-14-47)42-34-10-15-51-41(34)52-30-53-42)11-17-56-20-22-57(23-21-56)39(61)12-24-66-26-28-68-29-27-67-25-16-50-36-3-1-2-33-40(36)45(64)59(44(33)63)37-8-9-38(60)55-43(37)62/h1-7,10,15,30,35,37,50H,8-9,11-14,16-29,49H2,(H,54,65)(H,51,52,53)(H,55,60,62)/t35-,37?/m0/s1. The number of aromatic nitrogens is 3. The molecule has 2 aromatic heterocycles. The van der Waals surface area contributed by atoms with Gasteiger partial charge in [-0.15, -0.1) is 0 Å². The molecule has 3 saturated heterocycles. The van der Waals surface area contributed by atoms with E-state index < -0.39 is 35.2 Å². The van der Waals surface area contributed by atoms with Gasteiger partial charge in [0.2, 0.25) is 23.6 Å². The van der Waals surface area contributed by atoms with Crippen LogP contribution in [0.1, 0.15) is 70.8 Å². The Hall–Kier alpha value is -6.03. The number of fused-ring (bicyclic) bond motifs is 2. The van der Waals surface area contributed by atoms with Crippen LogP contribution in [0.4, 0.5) is 11.5 Å². The minimum absolute atomic E-state index is 0.0402. The normalized spacial score (nSPS) is 19.0. The van der Waals surface area contributed by atoms with Gasteiger partial charge in [0.05, 0.1) is 74.2 Å². The van der Waals surface area contributed by atoms with Gasteiger partial charge in [0.1, 0.15) is 23.8 Å². The van der Waals surface area contributed by atoms with Crippen LogP contribution in [0, 0.1) is 0 Å². The maximum Gasteiger partial charge on any atom is 0.264 e. The van der Waals surface area contributed by atoms with Gasteiger partial charge in [-0.05, 0) is 61.6 Å². The first-order valence-electron chi connectivity index (χ1n) is 23.2. The predicted molar refractivity (Wildman–Crippen MR) is 251 cm³/mol. The van der Waals surface area contributed by atoms with Crippen molar-refractivity contribution in [2.75, 3.05) is 102 Å². The Kier molecular flexibility index (Phi) is 15.9. The van der Waals surface area contributed by atoms with Gasteiger partial charge in [-0.3, -0.25) is 43.9 Å². The number of carbonyl (C=O) groups excluding carboxylic acids is 6. The molecule has 0 radical (unpaired) electrons. The van der Waals surface area contributed by atoms with Gasteiger partial charge in [-0.2, -0.15) is 0 Å². The van der Waals surface area contributed by atoms with E-state index in [0.29, 0.717) is 109 Å². The highest BCUT2D eigenvalue weighted by Gasteiger charge is 2.46. The average Bonchev–Trinajstić information content (AvgIpc) is 3.93. The van der Waals surface area contributed by atoms with Crippen LogP contribution >= 0.6 is 11.6 Å². The number of imide groups is 2. The number of carbonyl (C=O) groups is 6. The van der Waals surface area contributed by atoms with E-state index in [-0.39, 0.29) is 54.9 Å². The van der Waals surface area contributed by atoms with Crippen molar-refractivity contribution in [1.29, 1.82) is 0 Å².